The average molecular weight is 442 g/mol. The van der Waals surface area contributed by atoms with Crippen molar-refractivity contribution in [1.29, 1.82) is 0 Å². The van der Waals surface area contributed by atoms with Crippen LogP contribution in [-0.2, 0) is 9.53 Å². The number of benzene rings is 1. The lowest BCUT2D eigenvalue weighted by Crippen LogP contribution is -2.53. The van der Waals surface area contributed by atoms with E-state index in [1.807, 2.05) is 0 Å². The lowest BCUT2D eigenvalue weighted by molar-refractivity contribution is -0.123. The Hall–Kier alpha value is -1.50. The van der Waals surface area contributed by atoms with Crippen LogP contribution in [0.5, 0.6) is 0 Å². The predicted molar refractivity (Wildman–Crippen MR) is 99.7 cm³/mol. The van der Waals surface area contributed by atoms with Crippen molar-refractivity contribution in [2.75, 3.05) is 12.4 Å². The van der Waals surface area contributed by atoms with E-state index in [4.69, 9.17) is 0 Å². The van der Waals surface area contributed by atoms with E-state index in [1.54, 1.807) is 0 Å². The molecule has 7 heteroatoms. The van der Waals surface area contributed by atoms with Gasteiger partial charge in [-0.1, -0.05) is 15.9 Å². The molecule has 4 nitrogen and oxygen atoms in total. The molecule has 2 atom stereocenters. The van der Waals surface area contributed by atoms with Gasteiger partial charge in [-0.05, 0) is 61.8 Å². The quantitative estimate of drug-likeness (QED) is 0.538. The summed E-state index contributed by atoms with van der Waals surface area (Å²) in [4.78, 5) is 24.3. The highest BCUT2D eigenvalue weighted by Crippen LogP contribution is 2.65. The minimum atomic E-state index is -1.01. The predicted octanol–water partition coefficient (Wildman–Crippen LogP) is 4.81. The maximum absolute atomic E-state index is 14.1. The number of esters is 1. The van der Waals surface area contributed by atoms with Gasteiger partial charge in [-0.2, -0.15) is 0 Å². The normalized spacial score (nSPS) is 33.8. The molecule has 1 amide bonds. The van der Waals surface area contributed by atoms with E-state index in [0.717, 1.165) is 32.4 Å². The number of carbonyl (C=O) groups excluding carboxylic acids is 2. The molecular formula is C20H22BrF2NO3. The number of nitrogens with one attached hydrogen (secondary N) is 1. The first-order valence-electron chi connectivity index (χ1n) is 9.27. The van der Waals surface area contributed by atoms with Crippen molar-refractivity contribution in [2.45, 2.75) is 49.3 Å². The zero-order valence-corrected chi connectivity index (χ0v) is 16.7. The van der Waals surface area contributed by atoms with Crippen molar-refractivity contribution in [1.82, 2.24) is 0 Å². The summed E-state index contributed by atoms with van der Waals surface area (Å²) in [6.07, 6.45) is 6.92. The fourth-order valence-corrected chi connectivity index (χ4v) is 7.50. The van der Waals surface area contributed by atoms with E-state index < -0.39 is 23.2 Å². The van der Waals surface area contributed by atoms with Crippen LogP contribution in [0.2, 0.25) is 0 Å². The van der Waals surface area contributed by atoms with E-state index in [-0.39, 0.29) is 21.3 Å². The minimum Gasteiger partial charge on any atom is -0.465 e. The summed E-state index contributed by atoms with van der Waals surface area (Å²) in [5, 5.41) is 2.54. The third-order valence-electron chi connectivity index (χ3n) is 6.38. The van der Waals surface area contributed by atoms with Gasteiger partial charge in [-0.25, -0.2) is 13.6 Å². The fourth-order valence-electron chi connectivity index (χ4n) is 5.99. The number of anilines is 1. The number of hydrogen-bond donors (Lipinski definition) is 1. The Labute approximate surface area is 165 Å². The molecule has 4 aliphatic carbocycles. The molecule has 0 radical (unpaired) electrons. The van der Waals surface area contributed by atoms with Crippen LogP contribution in [0.4, 0.5) is 14.5 Å². The highest BCUT2D eigenvalue weighted by atomic mass is 79.9. The van der Waals surface area contributed by atoms with E-state index in [0.29, 0.717) is 24.3 Å². The van der Waals surface area contributed by atoms with Gasteiger partial charge in [0.1, 0.15) is 11.6 Å². The van der Waals surface area contributed by atoms with Crippen molar-refractivity contribution < 1.29 is 23.1 Å². The average Bonchev–Trinajstić information content (AvgIpc) is 2.53. The molecule has 4 saturated carbocycles. The lowest BCUT2D eigenvalue weighted by atomic mass is 9.48. The van der Waals surface area contributed by atoms with Gasteiger partial charge in [-0.15, -0.1) is 0 Å². The Morgan fingerprint density at radius 1 is 1.19 bits per heavy atom. The van der Waals surface area contributed by atoms with Crippen molar-refractivity contribution in [3.8, 4) is 0 Å². The molecule has 4 fully saturated rings. The maximum Gasteiger partial charge on any atom is 0.340 e. The summed E-state index contributed by atoms with van der Waals surface area (Å²) in [5.41, 5.74) is -0.650. The third-order valence-corrected chi connectivity index (χ3v) is 7.31. The van der Waals surface area contributed by atoms with E-state index in [1.165, 1.54) is 19.3 Å². The van der Waals surface area contributed by atoms with E-state index in [9.17, 15) is 18.4 Å². The Balaban J connectivity index is 1.51. The molecule has 5 rings (SSSR count). The second-order valence-corrected chi connectivity index (χ2v) is 10.3. The van der Waals surface area contributed by atoms with Crippen LogP contribution in [0, 0.1) is 28.9 Å². The number of methoxy groups -OCH3 is 1. The molecule has 4 bridgehead atoms. The monoisotopic (exact) mass is 441 g/mol. The second kappa shape index (κ2) is 6.54. The Bertz CT molecular complexity index is 799. The molecule has 146 valence electrons. The van der Waals surface area contributed by atoms with Crippen LogP contribution in [0.3, 0.4) is 0 Å². The summed E-state index contributed by atoms with van der Waals surface area (Å²) in [6, 6.07) is 1.60. The van der Waals surface area contributed by atoms with E-state index in [2.05, 4.69) is 26.0 Å². The number of ether oxygens (including phenoxy) is 1. The van der Waals surface area contributed by atoms with Crippen LogP contribution in [0.1, 0.15) is 55.3 Å². The number of carbonyl (C=O) groups is 2. The number of rotatable bonds is 4. The van der Waals surface area contributed by atoms with Gasteiger partial charge in [0.25, 0.3) is 0 Å². The Morgan fingerprint density at radius 2 is 1.85 bits per heavy atom. The fraction of sp³-hybridized carbons (Fsp3) is 0.600. The molecule has 1 aromatic carbocycles. The molecule has 27 heavy (non-hydrogen) atoms. The van der Waals surface area contributed by atoms with Crippen molar-refractivity contribution in [3.05, 3.63) is 29.3 Å². The second-order valence-electron chi connectivity index (χ2n) is 8.64. The number of hydrogen-bond acceptors (Lipinski definition) is 3. The molecule has 0 saturated heterocycles. The summed E-state index contributed by atoms with van der Waals surface area (Å²) in [6.45, 7) is 0. The van der Waals surface area contributed by atoms with Gasteiger partial charge in [0, 0.05) is 16.8 Å². The standard InChI is InChI=1S/C20H22BrF2NO3/c1-27-18(26)13-3-16(15(23)4-14(13)22)24-17(25)9-19-5-11-2-12(6-19)8-20(21,7-11)10-19/h3-4,11-12H,2,5-10H2,1H3,(H,24,25). The van der Waals surface area contributed by atoms with Gasteiger partial charge in [0.05, 0.1) is 18.4 Å². The van der Waals surface area contributed by atoms with Crippen LogP contribution >= 0.6 is 15.9 Å². The first-order valence-corrected chi connectivity index (χ1v) is 10.1. The molecule has 0 aliphatic heterocycles. The summed E-state index contributed by atoms with van der Waals surface area (Å²) in [5.74, 6) is -1.84. The van der Waals surface area contributed by atoms with Crippen LogP contribution in [0.15, 0.2) is 12.1 Å². The largest absolute Gasteiger partial charge is 0.465 e. The molecule has 0 aromatic heterocycles. The topological polar surface area (TPSA) is 55.4 Å². The van der Waals surface area contributed by atoms with Crippen molar-refractivity contribution in [3.63, 3.8) is 0 Å². The van der Waals surface area contributed by atoms with Gasteiger partial charge in [-0.3, -0.25) is 4.79 Å². The van der Waals surface area contributed by atoms with Crippen LogP contribution < -0.4 is 5.32 Å². The molecule has 4 aliphatic rings. The Morgan fingerprint density at radius 3 is 2.44 bits per heavy atom. The molecule has 0 heterocycles. The number of alkyl halides is 1. The zero-order valence-electron chi connectivity index (χ0n) is 15.1. The SMILES string of the molecule is COC(=O)c1cc(NC(=O)CC23CC4CC(CC(Br)(C4)C2)C3)c(F)cc1F. The van der Waals surface area contributed by atoms with Gasteiger partial charge < -0.3 is 10.1 Å². The molecule has 1 N–H and O–H groups in total. The van der Waals surface area contributed by atoms with Gasteiger partial charge in [0.2, 0.25) is 5.91 Å². The van der Waals surface area contributed by atoms with Crippen LogP contribution in [-0.4, -0.2) is 23.3 Å². The molecular weight excluding hydrogens is 420 g/mol. The first-order chi connectivity index (χ1) is 12.7. The molecule has 1 aromatic rings. The first kappa shape index (κ1) is 18.8. The highest BCUT2D eigenvalue weighted by Gasteiger charge is 2.57. The summed E-state index contributed by atoms with van der Waals surface area (Å²) in [7, 11) is 1.12. The minimum absolute atomic E-state index is 0.0562. The van der Waals surface area contributed by atoms with E-state index >= 15 is 0 Å². The lowest BCUT2D eigenvalue weighted by Gasteiger charge is -2.60. The molecule has 2 unspecified atom stereocenters. The van der Waals surface area contributed by atoms with Crippen LogP contribution in [0.25, 0.3) is 0 Å². The zero-order chi connectivity index (χ0) is 19.4. The van der Waals surface area contributed by atoms with Crippen molar-refractivity contribution in [2.24, 2.45) is 17.3 Å². The summed E-state index contributed by atoms with van der Waals surface area (Å²) < 4.78 is 32.5. The number of amides is 1. The van der Waals surface area contributed by atoms with Crippen molar-refractivity contribution >= 4 is 33.5 Å². The molecule has 0 spiro atoms. The summed E-state index contributed by atoms with van der Waals surface area (Å²) >= 11 is 3.92. The maximum atomic E-state index is 14.1. The number of halogens is 3. The Kier molecular flexibility index (Phi) is 4.56. The third kappa shape index (κ3) is 3.50. The smallest absolute Gasteiger partial charge is 0.340 e. The highest BCUT2D eigenvalue weighted by molar-refractivity contribution is 9.10. The van der Waals surface area contributed by atoms with Gasteiger partial charge >= 0.3 is 5.97 Å². The van der Waals surface area contributed by atoms with Gasteiger partial charge in [0.15, 0.2) is 0 Å².